The lowest BCUT2D eigenvalue weighted by Crippen LogP contribution is -2.48. The highest BCUT2D eigenvalue weighted by molar-refractivity contribution is 5.83. The van der Waals surface area contributed by atoms with Crippen LogP contribution in [-0.2, 0) is 11.3 Å². The van der Waals surface area contributed by atoms with Crippen molar-refractivity contribution in [3.8, 4) is 0 Å². The highest BCUT2D eigenvalue weighted by Gasteiger charge is 2.47. The summed E-state index contributed by atoms with van der Waals surface area (Å²) in [5.41, 5.74) is 0.961. The second kappa shape index (κ2) is 5.85. The Morgan fingerprint density at radius 2 is 2.17 bits per heavy atom. The molecule has 2 atom stereocenters. The third-order valence-corrected chi connectivity index (χ3v) is 4.76. The van der Waals surface area contributed by atoms with E-state index >= 15 is 0 Å². The second-order valence-corrected chi connectivity index (χ2v) is 6.49. The summed E-state index contributed by atoms with van der Waals surface area (Å²) in [6.45, 7) is 6.04. The van der Waals surface area contributed by atoms with Crippen molar-refractivity contribution >= 4 is 5.91 Å². The van der Waals surface area contributed by atoms with Crippen molar-refractivity contribution in [2.75, 3.05) is 26.2 Å². The van der Waals surface area contributed by atoms with Crippen LogP contribution < -0.4 is 0 Å². The average molecular weight is 315 g/mol. The Hall–Kier alpha value is -2.08. The molecule has 23 heavy (non-hydrogen) atoms. The molecule has 1 aliphatic heterocycles. The summed E-state index contributed by atoms with van der Waals surface area (Å²) in [5, 5.41) is 4.03. The fourth-order valence-corrected chi connectivity index (χ4v) is 3.37. The Balaban J connectivity index is 1.27. The summed E-state index contributed by atoms with van der Waals surface area (Å²) < 4.78 is 10.5. The van der Waals surface area contributed by atoms with Crippen molar-refractivity contribution in [3.63, 3.8) is 0 Å². The van der Waals surface area contributed by atoms with Gasteiger partial charge in [0.05, 0.1) is 12.0 Å². The van der Waals surface area contributed by atoms with E-state index in [0.717, 1.165) is 56.4 Å². The Morgan fingerprint density at radius 1 is 1.35 bits per heavy atom. The number of nitrogens with zero attached hydrogens (tertiary/aromatic N) is 3. The maximum absolute atomic E-state index is 12.6. The maximum atomic E-state index is 12.6. The topological polar surface area (TPSA) is 62.7 Å². The minimum absolute atomic E-state index is 0.117. The zero-order chi connectivity index (χ0) is 15.8. The monoisotopic (exact) mass is 315 g/mol. The van der Waals surface area contributed by atoms with E-state index in [1.165, 1.54) is 0 Å². The van der Waals surface area contributed by atoms with Gasteiger partial charge in [0, 0.05) is 50.6 Å². The van der Waals surface area contributed by atoms with Crippen molar-refractivity contribution in [2.45, 2.75) is 25.8 Å². The van der Waals surface area contributed by atoms with E-state index in [1.807, 2.05) is 30.0 Å². The molecule has 2 aromatic heterocycles. The molecule has 6 heteroatoms. The quantitative estimate of drug-likeness (QED) is 0.864. The molecular formula is C17H21N3O3. The molecule has 2 aromatic rings. The fourth-order valence-electron chi connectivity index (χ4n) is 3.37. The van der Waals surface area contributed by atoms with Gasteiger partial charge in [-0.25, -0.2) is 0 Å². The lowest BCUT2D eigenvalue weighted by Gasteiger charge is -2.34. The number of furan rings is 1. The lowest BCUT2D eigenvalue weighted by molar-refractivity contribution is -0.134. The van der Waals surface area contributed by atoms with E-state index in [1.54, 1.807) is 6.26 Å². The van der Waals surface area contributed by atoms with Gasteiger partial charge in [-0.3, -0.25) is 9.69 Å². The molecule has 6 nitrogen and oxygen atoms in total. The van der Waals surface area contributed by atoms with E-state index in [-0.39, 0.29) is 17.7 Å². The molecule has 122 valence electrons. The van der Waals surface area contributed by atoms with Crippen LogP contribution in [0.4, 0.5) is 0 Å². The van der Waals surface area contributed by atoms with Gasteiger partial charge in [-0.15, -0.1) is 0 Å². The third-order valence-electron chi connectivity index (χ3n) is 4.76. The predicted molar refractivity (Wildman–Crippen MR) is 82.7 cm³/mol. The van der Waals surface area contributed by atoms with Crippen molar-refractivity contribution < 1.29 is 13.7 Å². The van der Waals surface area contributed by atoms with Crippen LogP contribution in [0.15, 0.2) is 33.4 Å². The number of hydrogen-bond acceptors (Lipinski definition) is 5. The van der Waals surface area contributed by atoms with Crippen LogP contribution in [0.1, 0.15) is 29.6 Å². The van der Waals surface area contributed by atoms with Crippen LogP contribution in [0.25, 0.3) is 0 Å². The molecule has 0 aromatic carbocycles. The predicted octanol–water partition coefficient (Wildman–Crippen LogP) is 2.02. The Kier molecular flexibility index (Phi) is 3.69. The Labute approximate surface area is 135 Å². The molecule has 0 N–H and O–H groups in total. The number of hydrogen-bond donors (Lipinski definition) is 0. The highest BCUT2D eigenvalue weighted by atomic mass is 16.5. The van der Waals surface area contributed by atoms with Crippen molar-refractivity contribution in [1.82, 2.24) is 15.0 Å². The minimum atomic E-state index is 0.117. The summed E-state index contributed by atoms with van der Waals surface area (Å²) in [5.74, 6) is 2.47. The summed E-state index contributed by atoms with van der Waals surface area (Å²) in [7, 11) is 0. The number of rotatable bonds is 4. The SMILES string of the molecule is Cc1cc(CN2CCN(C(=O)[C@@H]3C[C@@H]3c3ccco3)CC2)no1. The molecular weight excluding hydrogens is 294 g/mol. The van der Waals surface area contributed by atoms with Crippen LogP contribution in [0.3, 0.4) is 0 Å². The summed E-state index contributed by atoms with van der Waals surface area (Å²) in [6, 6.07) is 5.82. The van der Waals surface area contributed by atoms with Gasteiger partial charge in [0.1, 0.15) is 11.5 Å². The largest absolute Gasteiger partial charge is 0.469 e. The molecule has 0 bridgehead atoms. The van der Waals surface area contributed by atoms with Crippen LogP contribution in [0.2, 0.25) is 0 Å². The molecule has 1 amide bonds. The van der Waals surface area contributed by atoms with Gasteiger partial charge in [0.25, 0.3) is 0 Å². The van der Waals surface area contributed by atoms with E-state index in [0.29, 0.717) is 0 Å². The van der Waals surface area contributed by atoms with Gasteiger partial charge < -0.3 is 13.8 Å². The molecule has 2 fully saturated rings. The first kappa shape index (κ1) is 14.5. The van der Waals surface area contributed by atoms with Crippen LogP contribution in [-0.4, -0.2) is 47.0 Å². The first-order valence-electron chi connectivity index (χ1n) is 8.17. The third kappa shape index (κ3) is 3.03. The van der Waals surface area contributed by atoms with Crippen molar-refractivity contribution in [3.05, 3.63) is 41.7 Å². The Bertz CT molecular complexity index is 671. The zero-order valence-corrected chi connectivity index (χ0v) is 13.3. The molecule has 1 saturated carbocycles. The number of aromatic nitrogens is 1. The molecule has 0 radical (unpaired) electrons. The van der Waals surface area contributed by atoms with E-state index in [2.05, 4.69) is 10.1 Å². The van der Waals surface area contributed by atoms with Gasteiger partial charge in [-0.2, -0.15) is 0 Å². The number of amides is 1. The smallest absolute Gasteiger partial charge is 0.226 e. The second-order valence-electron chi connectivity index (χ2n) is 6.49. The van der Waals surface area contributed by atoms with Gasteiger partial charge in [0.2, 0.25) is 5.91 Å². The number of aryl methyl sites for hydroxylation is 1. The van der Waals surface area contributed by atoms with E-state index in [9.17, 15) is 4.79 Å². The molecule has 1 saturated heterocycles. The number of carbonyl (C=O) groups excluding carboxylic acids is 1. The molecule has 1 aliphatic carbocycles. The van der Waals surface area contributed by atoms with Gasteiger partial charge >= 0.3 is 0 Å². The fraction of sp³-hybridized carbons (Fsp3) is 0.529. The lowest BCUT2D eigenvalue weighted by atomic mass is 10.2. The molecule has 0 spiro atoms. The minimum Gasteiger partial charge on any atom is -0.469 e. The van der Waals surface area contributed by atoms with Crippen molar-refractivity contribution in [1.29, 1.82) is 0 Å². The molecule has 3 heterocycles. The molecule has 0 unspecified atom stereocenters. The summed E-state index contributed by atoms with van der Waals surface area (Å²) in [4.78, 5) is 16.9. The number of piperazine rings is 1. The van der Waals surface area contributed by atoms with Gasteiger partial charge in [-0.1, -0.05) is 5.16 Å². The van der Waals surface area contributed by atoms with Gasteiger partial charge in [0.15, 0.2) is 0 Å². The molecule has 2 aliphatic rings. The first-order chi connectivity index (χ1) is 11.2. The standard InChI is InChI=1S/C17H21N3O3/c1-12-9-13(18-23-12)11-19-4-6-20(7-5-19)17(21)15-10-14(15)16-3-2-8-22-16/h2-3,8-9,14-15H,4-7,10-11H2,1H3/t14-,15+/m0/s1. The van der Waals surface area contributed by atoms with Gasteiger partial charge in [-0.05, 0) is 25.5 Å². The average Bonchev–Trinajstić information content (AvgIpc) is 2.96. The zero-order valence-electron chi connectivity index (χ0n) is 13.3. The summed E-state index contributed by atoms with van der Waals surface area (Å²) >= 11 is 0. The summed E-state index contributed by atoms with van der Waals surface area (Å²) in [6.07, 6.45) is 2.60. The normalized spacial score (nSPS) is 24.8. The van der Waals surface area contributed by atoms with Crippen LogP contribution in [0.5, 0.6) is 0 Å². The molecule has 4 rings (SSSR count). The maximum Gasteiger partial charge on any atom is 0.226 e. The number of carbonyl (C=O) groups is 1. The Morgan fingerprint density at radius 3 is 2.83 bits per heavy atom. The highest BCUT2D eigenvalue weighted by Crippen LogP contribution is 2.48. The van der Waals surface area contributed by atoms with Crippen LogP contribution in [0, 0.1) is 12.8 Å². The van der Waals surface area contributed by atoms with Crippen molar-refractivity contribution in [2.24, 2.45) is 5.92 Å². The van der Waals surface area contributed by atoms with E-state index in [4.69, 9.17) is 8.94 Å². The van der Waals surface area contributed by atoms with Crippen LogP contribution >= 0.6 is 0 Å². The first-order valence-corrected chi connectivity index (χ1v) is 8.17. The van der Waals surface area contributed by atoms with E-state index < -0.39 is 0 Å².